The fourth-order valence-electron chi connectivity index (χ4n) is 2.93. The first-order chi connectivity index (χ1) is 13.1. The molecule has 1 aromatic carbocycles. The number of thiophene rings is 1. The summed E-state index contributed by atoms with van der Waals surface area (Å²) in [7, 11) is 0. The summed E-state index contributed by atoms with van der Waals surface area (Å²) in [5.74, 6) is -0.198. The van der Waals surface area contributed by atoms with Crippen molar-refractivity contribution in [2.75, 3.05) is 5.32 Å². The predicted molar refractivity (Wildman–Crippen MR) is 101 cm³/mol. The van der Waals surface area contributed by atoms with E-state index in [9.17, 15) is 9.59 Å². The van der Waals surface area contributed by atoms with Crippen molar-refractivity contribution in [2.45, 2.75) is 19.4 Å². The molecule has 1 atom stereocenters. The Balaban J connectivity index is 1.56. The molecule has 0 aliphatic rings. The highest BCUT2D eigenvalue weighted by Gasteiger charge is 2.20. The molecule has 9 heteroatoms. The number of carbonyl (C=O) groups excluding carboxylic acids is 1. The second kappa shape index (κ2) is 7.12. The van der Waals surface area contributed by atoms with Crippen LogP contribution in [0.15, 0.2) is 56.6 Å². The number of aryl methyl sites for hydroxylation is 1. The van der Waals surface area contributed by atoms with E-state index in [0.717, 1.165) is 16.5 Å². The van der Waals surface area contributed by atoms with Gasteiger partial charge in [0.1, 0.15) is 11.9 Å². The van der Waals surface area contributed by atoms with Crippen LogP contribution in [0.5, 0.6) is 0 Å². The molecular weight excluding hydrogens is 366 g/mol. The molecule has 0 unspecified atom stereocenters. The maximum Gasteiger partial charge on any atom is 0.336 e. The highest BCUT2D eigenvalue weighted by Crippen LogP contribution is 2.25. The Hall–Kier alpha value is -3.33. The summed E-state index contributed by atoms with van der Waals surface area (Å²) in [5.41, 5.74) is 2.37. The number of hydrogen-bond donors (Lipinski definition) is 1. The number of benzene rings is 1. The van der Waals surface area contributed by atoms with Gasteiger partial charge in [0.15, 0.2) is 0 Å². The third kappa shape index (κ3) is 3.63. The second-order valence-corrected chi connectivity index (χ2v) is 6.85. The SMILES string of the molecule is Cc1cc(=O)oc2cc(NC(=O)C[C@@H](c3ccsc3)n3cnnn3)ccc12. The zero-order valence-electron chi connectivity index (χ0n) is 14.3. The van der Waals surface area contributed by atoms with Gasteiger partial charge in [0, 0.05) is 23.2 Å². The molecule has 0 saturated carbocycles. The Morgan fingerprint density at radius 2 is 2.22 bits per heavy atom. The molecule has 0 aliphatic carbocycles. The number of carbonyl (C=O) groups is 1. The minimum absolute atomic E-state index is 0.164. The standard InChI is InChI=1S/C18H15N5O3S/c1-11-6-18(25)26-16-7-13(2-3-14(11)16)20-17(24)8-15(12-4-5-27-9-12)23-10-19-21-22-23/h2-7,9-10,15H,8H2,1H3,(H,20,24)/t15-/m0/s1. The average molecular weight is 381 g/mol. The fourth-order valence-corrected chi connectivity index (χ4v) is 3.64. The third-order valence-corrected chi connectivity index (χ3v) is 4.93. The molecule has 0 radical (unpaired) electrons. The van der Waals surface area contributed by atoms with E-state index in [2.05, 4.69) is 20.8 Å². The van der Waals surface area contributed by atoms with Crippen molar-refractivity contribution in [3.8, 4) is 0 Å². The first kappa shape index (κ1) is 17.1. The Morgan fingerprint density at radius 1 is 1.33 bits per heavy atom. The summed E-state index contributed by atoms with van der Waals surface area (Å²) >= 11 is 1.54. The number of nitrogens with one attached hydrogen (secondary N) is 1. The quantitative estimate of drug-likeness (QED) is 0.533. The van der Waals surface area contributed by atoms with Crippen LogP contribution in [0.3, 0.4) is 0 Å². The maximum absolute atomic E-state index is 12.6. The molecule has 136 valence electrons. The van der Waals surface area contributed by atoms with Crippen LogP contribution in [0.1, 0.15) is 23.6 Å². The molecule has 0 fully saturated rings. The first-order valence-electron chi connectivity index (χ1n) is 8.19. The van der Waals surface area contributed by atoms with Gasteiger partial charge >= 0.3 is 5.63 Å². The molecule has 4 rings (SSSR count). The Morgan fingerprint density at radius 3 is 2.96 bits per heavy atom. The predicted octanol–water partition coefficient (Wildman–Crippen LogP) is 2.77. The molecule has 0 aliphatic heterocycles. The van der Waals surface area contributed by atoms with Crippen molar-refractivity contribution in [3.05, 3.63) is 69.0 Å². The molecule has 4 aromatic rings. The third-order valence-electron chi connectivity index (χ3n) is 4.23. The van der Waals surface area contributed by atoms with Gasteiger partial charge in [-0.2, -0.15) is 11.3 Å². The van der Waals surface area contributed by atoms with Crippen LogP contribution in [0.2, 0.25) is 0 Å². The lowest BCUT2D eigenvalue weighted by atomic mass is 10.1. The van der Waals surface area contributed by atoms with Gasteiger partial charge in [-0.25, -0.2) is 9.48 Å². The molecule has 27 heavy (non-hydrogen) atoms. The molecular formula is C18H15N5O3S. The van der Waals surface area contributed by atoms with Gasteiger partial charge in [-0.15, -0.1) is 5.10 Å². The van der Waals surface area contributed by atoms with Gasteiger partial charge in [-0.3, -0.25) is 4.79 Å². The van der Waals surface area contributed by atoms with E-state index < -0.39 is 5.63 Å². The Labute approximate surface area is 157 Å². The minimum Gasteiger partial charge on any atom is -0.423 e. The Bertz CT molecular complexity index is 1100. The molecule has 3 heterocycles. The number of aromatic nitrogens is 4. The van der Waals surface area contributed by atoms with Gasteiger partial charge in [0.2, 0.25) is 5.91 Å². The first-order valence-corrected chi connectivity index (χ1v) is 9.13. The molecule has 0 bridgehead atoms. The minimum atomic E-state index is -0.417. The summed E-state index contributed by atoms with van der Waals surface area (Å²) in [5, 5.41) is 18.8. The molecule has 3 aromatic heterocycles. The van der Waals surface area contributed by atoms with E-state index in [-0.39, 0.29) is 18.4 Å². The van der Waals surface area contributed by atoms with Crippen LogP contribution in [-0.2, 0) is 4.79 Å². The monoisotopic (exact) mass is 381 g/mol. The number of anilines is 1. The smallest absolute Gasteiger partial charge is 0.336 e. The van der Waals surface area contributed by atoms with Gasteiger partial charge in [0.25, 0.3) is 0 Å². The molecule has 1 N–H and O–H groups in total. The molecule has 8 nitrogen and oxygen atoms in total. The van der Waals surface area contributed by atoms with Crippen LogP contribution < -0.4 is 10.9 Å². The number of fused-ring (bicyclic) bond motifs is 1. The summed E-state index contributed by atoms with van der Waals surface area (Å²) in [6, 6.07) is 8.34. The fraction of sp³-hybridized carbons (Fsp3) is 0.167. The lowest BCUT2D eigenvalue weighted by molar-refractivity contribution is -0.116. The highest BCUT2D eigenvalue weighted by molar-refractivity contribution is 7.08. The van der Waals surface area contributed by atoms with Crippen LogP contribution in [0.25, 0.3) is 11.0 Å². The molecule has 0 saturated heterocycles. The number of tetrazole rings is 1. The van der Waals surface area contributed by atoms with E-state index in [0.29, 0.717) is 11.3 Å². The second-order valence-electron chi connectivity index (χ2n) is 6.07. The highest BCUT2D eigenvalue weighted by atomic mass is 32.1. The van der Waals surface area contributed by atoms with Crippen molar-refractivity contribution in [1.29, 1.82) is 0 Å². The zero-order chi connectivity index (χ0) is 18.8. The van der Waals surface area contributed by atoms with Crippen molar-refractivity contribution in [3.63, 3.8) is 0 Å². The molecule has 0 spiro atoms. The topological polar surface area (TPSA) is 103 Å². The summed E-state index contributed by atoms with van der Waals surface area (Å²) < 4.78 is 6.79. The van der Waals surface area contributed by atoms with Crippen molar-refractivity contribution < 1.29 is 9.21 Å². The lowest BCUT2D eigenvalue weighted by Crippen LogP contribution is -2.20. The Kier molecular flexibility index (Phi) is 4.51. The zero-order valence-corrected chi connectivity index (χ0v) is 15.1. The number of hydrogen-bond acceptors (Lipinski definition) is 7. The van der Waals surface area contributed by atoms with Crippen LogP contribution in [0.4, 0.5) is 5.69 Å². The number of rotatable bonds is 5. The van der Waals surface area contributed by atoms with E-state index in [4.69, 9.17) is 4.42 Å². The summed E-state index contributed by atoms with van der Waals surface area (Å²) in [4.78, 5) is 24.2. The number of amides is 1. The van der Waals surface area contributed by atoms with Gasteiger partial charge in [-0.05, 0) is 57.4 Å². The summed E-state index contributed by atoms with van der Waals surface area (Å²) in [6.07, 6.45) is 1.65. The molecule has 1 amide bonds. The van der Waals surface area contributed by atoms with E-state index in [1.165, 1.54) is 12.4 Å². The van der Waals surface area contributed by atoms with Gasteiger partial charge in [0.05, 0.1) is 12.5 Å². The van der Waals surface area contributed by atoms with Crippen LogP contribution in [-0.4, -0.2) is 26.1 Å². The van der Waals surface area contributed by atoms with E-state index >= 15 is 0 Å². The van der Waals surface area contributed by atoms with E-state index in [1.807, 2.05) is 29.8 Å². The maximum atomic E-state index is 12.6. The lowest BCUT2D eigenvalue weighted by Gasteiger charge is -2.15. The van der Waals surface area contributed by atoms with Crippen molar-refractivity contribution in [1.82, 2.24) is 20.2 Å². The number of nitrogens with zero attached hydrogens (tertiary/aromatic N) is 4. The van der Waals surface area contributed by atoms with Crippen molar-refractivity contribution in [2.24, 2.45) is 0 Å². The van der Waals surface area contributed by atoms with E-state index in [1.54, 1.807) is 28.2 Å². The normalized spacial score (nSPS) is 12.2. The largest absolute Gasteiger partial charge is 0.423 e. The van der Waals surface area contributed by atoms with Crippen LogP contribution >= 0.6 is 11.3 Å². The van der Waals surface area contributed by atoms with Crippen molar-refractivity contribution >= 4 is 33.9 Å². The van der Waals surface area contributed by atoms with Gasteiger partial charge < -0.3 is 9.73 Å². The summed E-state index contributed by atoms with van der Waals surface area (Å²) in [6.45, 7) is 1.84. The van der Waals surface area contributed by atoms with Crippen LogP contribution in [0, 0.1) is 6.92 Å². The van der Waals surface area contributed by atoms with Gasteiger partial charge in [-0.1, -0.05) is 0 Å². The average Bonchev–Trinajstić information content (AvgIpc) is 3.33.